The van der Waals surface area contributed by atoms with Gasteiger partial charge >= 0.3 is 5.97 Å². The third-order valence-corrected chi connectivity index (χ3v) is 2.66. The molecule has 13 heavy (non-hydrogen) atoms. The van der Waals surface area contributed by atoms with Gasteiger partial charge in [-0.2, -0.15) is 0 Å². The number of hydrogen-bond acceptors (Lipinski definition) is 3. The van der Waals surface area contributed by atoms with E-state index in [4.69, 9.17) is 4.74 Å². The van der Waals surface area contributed by atoms with E-state index in [1.54, 1.807) is 0 Å². The van der Waals surface area contributed by atoms with Crippen LogP contribution in [0.2, 0.25) is 0 Å². The molecule has 0 aliphatic carbocycles. The highest BCUT2D eigenvalue weighted by atomic mass is 16.5. The molecule has 0 aromatic carbocycles. The van der Waals surface area contributed by atoms with Gasteiger partial charge < -0.3 is 10.1 Å². The highest BCUT2D eigenvalue weighted by molar-refractivity contribution is 5.75. The minimum absolute atomic E-state index is 0.0530. The van der Waals surface area contributed by atoms with E-state index in [1.165, 1.54) is 6.42 Å². The summed E-state index contributed by atoms with van der Waals surface area (Å²) in [6.07, 6.45) is 3.27. The topological polar surface area (TPSA) is 38.3 Å². The maximum atomic E-state index is 11.3. The quantitative estimate of drug-likeness (QED) is 0.674. The van der Waals surface area contributed by atoms with Crippen LogP contribution in [0.15, 0.2) is 0 Å². The molecular formula is C10H19NO2. The minimum atomic E-state index is -0.0861. The number of nitrogens with one attached hydrogen (secondary N) is 1. The number of esters is 1. The van der Waals surface area contributed by atoms with Gasteiger partial charge in [-0.3, -0.25) is 4.79 Å². The normalized spacial score (nSPS) is 28.5. The van der Waals surface area contributed by atoms with Crippen molar-refractivity contribution >= 4 is 5.97 Å². The van der Waals surface area contributed by atoms with Crippen LogP contribution < -0.4 is 5.32 Å². The Bertz CT molecular complexity index is 162. The zero-order valence-corrected chi connectivity index (χ0v) is 8.51. The number of ether oxygens (including phenoxy) is 1. The SMILES string of the molecule is CCOC(=O)[C@@H]1CC[C@@H](CC)CN1. The fourth-order valence-corrected chi connectivity index (χ4v) is 1.71. The van der Waals surface area contributed by atoms with Crippen molar-refractivity contribution in [2.45, 2.75) is 39.2 Å². The van der Waals surface area contributed by atoms with Crippen LogP contribution in [0.5, 0.6) is 0 Å². The summed E-state index contributed by atoms with van der Waals surface area (Å²) in [5.74, 6) is 0.655. The fourth-order valence-electron chi connectivity index (χ4n) is 1.71. The first kappa shape index (κ1) is 10.5. The Labute approximate surface area is 79.8 Å². The van der Waals surface area contributed by atoms with Crippen LogP contribution in [-0.2, 0) is 9.53 Å². The average Bonchev–Trinajstić information content (AvgIpc) is 2.18. The van der Waals surface area contributed by atoms with E-state index in [0.29, 0.717) is 6.61 Å². The lowest BCUT2D eigenvalue weighted by atomic mass is 9.93. The molecule has 0 radical (unpaired) electrons. The lowest BCUT2D eigenvalue weighted by Gasteiger charge is -2.27. The Kier molecular flexibility index (Phi) is 4.22. The van der Waals surface area contributed by atoms with Crippen molar-refractivity contribution in [2.24, 2.45) is 5.92 Å². The Morgan fingerprint density at radius 2 is 2.23 bits per heavy atom. The van der Waals surface area contributed by atoms with Gasteiger partial charge in [-0.05, 0) is 32.2 Å². The molecule has 0 aromatic rings. The van der Waals surface area contributed by atoms with E-state index >= 15 is 0 Å². The summed E-state index contributed by atoms with van der Waals surface area (Å²) in [5, 5.41) is 3.23. The van der Waals surface area contributed by atoms with Gasteiger partial charge in [0.25, 0.3) is 0 Å². The van der Waals surface area contributed by atoms with E-state index < -0.39 is 0 Å². The summed E-state index contributed by atoms with van der Waals surface area (Å²) in [6.45, 7) is 5.47. The first-order chi connectivity index (χ1) is 6.27. The number of carbonyl (C=O) groups excluding carboxylic acids is 1. The highest BCUT2D eigenvalue weighted by Gasteiger charge is 2.25. The van der Waals surface area contributed by atoms with Crippen LogP contribution in [0, 0.1) is 5.92 Å². The Balaban J connectivity index is 2.28. The molecule has 1 saturated heterocycles. The molecule has 1 fully saturated rings. The Morgan fingerprint density at radius 3 is 2.69 bits per heavy atom. The third kappa shape index (κ3) is 2.99. The molecule has 3 heteroatoms. The molecule has 1 N–H and O–H groups in total. The summed E-state index contributed by atoms with van der Waals surface area (Å²) < 4.78 is 4.95. The van der Waals surface area contributed by atoms with Crippen molar-refractivity contribution in [1.29, 1.82) is 0 Å². The molecule has 2 atom stereocenters. The van der Waals surface area contributed by atoms with Gasteiger partial charge in [0.2, 0.25) is 0 Å². The van der Waals surface area contributed by atoms with Crippen molar-refractivity contribution in [3.8, 4) is 0 Å². The van der Waals surface area contributed by atoms with E-state index in [9.17, 15) is 4.79 Å². The predicted molar refractivity (Wildman–Crippen MR) is 51.4 cm³/mol. The highest BCUT2D eigenvalue weighted by Crippen LogP contribution is 2.17. The van der Waals surface area contributed by atoms with Gasteiger partial charge in [-0.25, -0.2) is 0 Å². The molecule has 0 spiro atoms. The smallest absolute Gasteiger partial charge is 0.323 e. The molecule has 3 nitrogen and oxygen atoms in total. The first-order valence-electron chi connectivity index (χ1n) is 5.18. The Hall–Kier alpha value is -0.570. The van der Waals surface area contributed by atoms with Gasteiger partial charge in [-0.1, -0.05) is 13.3 Å². The van der Waals surface area contributed by atoms with E-state index in [2.05, 4.69) is 12.2 Å². The molecule has 1 heterocycles. The van der Waals surface area contributed by atoms with Crippen LogP contribution in [0.25, 0.3) is 0 Å². The molecule has 0 amide bonds. The molecule has 1 aliphatic heterocycles. The summed E-state index contributed by atoms with van der Waals surface area (Å²) in [4.78, 5) is 11.3. The lowest BCUT2D eigenvalue weighted by Crippen LogP contribution is -2.44. The second-order valence-electron chi connectivity index (χ2n) is 3.56. The van der Waals surface area contributed by atoms with Crippen molar-refractivity contribution < 1.29 is 9.53 Å². The van der Waals surface area contributed by atoms with E-state index in [0.717, 1.165) is 25.3 Å². The van der Waals surface area contributed by atoms with Crippen molar-refractivity contribution in [2.75, 3.05) is 13.2 Å². The summed E-state index contributed by atoms with van der Waals surface area (Å²) in [5.41, 5.74) is 0. The fraction of sp³-hybridized carbons (Fsp3) is 0.900. The van der Waals surface area contributed by atoms with E-state index in [-0.39, 0.29) is 12.0 Å². The molecule has 0 unspecified atom stereocenters. The maximum absolute atomic E-state index is 11.3. The van der Waals surface area contributed by atoms with Crippen LogP contribution in [0.1, 0.15) is 33.1 Å². The zero-order valence-electron chi connectivity index (χ0n) is 8.51. The standard InChI is InChI=1S/C10H19NO2/c1-3-8-5-6-9(11-7-8)10(12)13-4-2/h8-9,11H,3-7H2,1-2H3/t8-,9+/m1/s1. The molecular weight excluding hydrogens is 166 g/mol. The van der Waals surface area contributed by atoms with Gasteiger partial charge in [0.15, 0.2) is 0 Å². The minimum Gasteiger partial charge on any atom is -0.465 e. The summed E-state index contributed by atoms with van der Waals surface area (Å²) in [6, 6.07) is -0.0530. The van der Waals surface area contributed by atoms with Gasteiger partial charge in [0, 0.05) is 0 Å². The maximum Gasteiger partial charge on any atom is 0.323 e. The van der Waals surface area contributed by atoms with Crippen LogP contribution in [0.4, 0.5) is 0 Å². The van der Waals surface area contributed by atoms with Gasteiger partial charge in [0.05, 0.1) is 6.61 Å². The monoisotopic (exact) mass is 185 g/mol. The molecule has 0 bridgehead atoms. The molecule has 0 aromatic heterocycles. The predicted octanol–water partition coefficient (Wildman–Crippen LogP) is 1.33. The third-order valence-electron chi connectivity index (χ3n) is 2.66. The average molecular weight is 185 g/mol. The summed E-state index contributed by atoms with van der Waals surface area (Å²) >= 11 is 0. The summed E-state index contributed by atoms with van der Waals surface area (Å²) in [7, 11) is 0. The van der Waals surface area contributed by atoms with Crippen molar-refractivity contribution in [3.05, 3.63) is 0 Å². The lowest BCUT2D eigenvalue weighted by molar-refractivity contribution is -0.146. The first-order valence-corrected chi connectivity index (χ1v) is 5.18. The molecule has 1 rings (SSSR count). The number of piperidine rings is 1. The molecule has 1 aliphatic rings. The number of hydrogen-bond donors (Lipinski definition) is 1. The largest absolute Gasteiger partial charge is 0.465 e. The van der Waals surface area contributed by atoms with E-state index in [1.807, 2.05) is 6.92 Å². The van der Waals surface area contributed by atoms with Crippen LogP contribution >= 0.6 is 0 Å². The van der Waals surface area contributed by atoms with Gasteiger partial charge in [-0.15, -0.1) is 0 Å². The van der Waals surface area contributed by atoms with Crippen molar-refractivity contribution in [3.63, 3.8) is 0 Å². The van der Waals surface area contributed by atoms with Crippen LogP contribution in [-0.4, -0.2) is 25.2 Å². The van der Waals surface area contributed by atoms with Crippen molar-refractivity contribution in [1.82, 2.24) is 5.32 Å². The number of carbonyl (C=O) groups is 1. The second-order valence-corrected chi connectivity index (χ2v) is 3.56. The molecule has 0 saturated carbocycles. The second kappa shape index (κ2) is 5.22. The number of rotatable bonds is 3. The zero-order chi connectivity index (χ0) is 9.68. The Morgan fingerprint density at radius 1 is 1.46 bits per heavy atom. The molecule has 76 valence electrons. The van der Waals surface area contributed by atoms with Crippen LogP contribution in [0.3, 0.4) is 0 Å². The van der Waals surface area contributed by atoms with Gasteiger partial charge in [0.1, 0.15) is 6.04 Å².